The largest absolute Gasteiger partial charge is 0.508 e. The zero-order chi connectivity index (χ0) is 34.2. The summed E-state index contributed by atoms with van der Waals surface area (Å²) in [4.78, 5) is 60.9. The number of aromatic hydroxyl groups is 1. The summed E-state index contributed by atoms with van der Waals surface area (Å²) in [5.74, 6) is -3.95. The number of piperidine rings is 1. The summed E-state index contributed by atoms with van der Waals surface area (Å²) in [7, 11) is 0. The van der Waals surface area contributed by atoms with Gasteiger partial charge in [-0.15, -0.1) is 11.3 Å². The molecule has 0 radical (unpaired) electrons. The van der Waals surface area contributed by atoms with Gasteiger partial charge in [-0.05, 0) is 53.9 Å². The Labute approximate surface area is 284 Å². The number of piperazine rings is 1. The third-order valence-corrected chi connectivity index (χ3v) is 9.94. The maximum Gasteiger partial charge on any atom is 0.255 e. The van der Waals surface area contributed by atoms with Crippen molar-refractivity contribution in [2.75, 3.05) is 36.4 Å². The van der Waals surface area contributed by atoms with Gasteiger partial charge in [0.1, 0.15) is 23.4 Å². The number of rotatable bonds is 8. The lowest BCUT2D eigenvalue weighted by atomic mass is 9.89. The van der Waals surface area contributed by atoms with Gasteiger partial charge in [0.25, 0.3) is 11.8 Å². The van der Waals surface area contributed by atoms with Crippen LogP contribution in [-0.2, 0) is 27.5 Å². The van der Waals surface area contributed by atoms with Crippen molar-refractivity contribution in [1.29, 1.82) is 0 Å². The van der Waals surface area contributed by atoms with Gasteiger partial charge in [0, 0.05) is 79.6 Å². The molecule has 1 aromatic heterocycles. The predicted molar refractivity (Wildman–Crippen MR) is 177 cm³/mol. The lowest BCUT2D eigenvalue weighted by molar-refractivity contribution is -0.134. The van der Waals surface area contributed by atoms with Crippen LogP contribution in [0.4, 0.5) is 19.6 Å². The van der Waals surface area contributed by atoms with Crippen molar-refractivity contribution in [1.82, 2.24) is 20.1 Å². The standard InChI is InChI=1S/C35H32F2N6O5S/c36-22-3-7-29(44)27(16-22)31(33(47)40-35-38-9-14-49-35)43-19-21-2-4-23(17-26(21)34(43)48)42-12-10-41(11-13-42)18-20-1-5-24(28(37)15-20)25-6-8-30(45)39-32(25)46/h1-5,7,9,14-17,25,31,44H,6,8,10-13,18-19H2,(H,38,40,47)(H,39,45,46). The summed E-state index contributed by atoms with van der Waals surface area (Å²) in [6.45, 7) is 3.30. The van der Waals surface area contributed by atoms with Crippen LogP contribution >= 0.6 is 11.3 Å². The minimum absolute atomic E-state index is 0.0305. The van der Waals surface area contributed by atoms with E-state index < -0.39 is 41.3 Å². The number of aromatic nitrogens is 1. The van der Waals surface area contributed by atoms with Gasteiger partial charge in [-0.1, -0.05) is 18.2 Å². The van der Waals surface area contributed by atoms with E-state index in [1.54, 1.807) is 17.5 Å². The average Bonchev–Trinajstić information content (AvgIpc) is 3.71. The second-order valence-corrected chi connectivity index (χ2v) is 13.2. The molecule has 0 spiro atoms. The van der Waals surface area contributed by atoms with Crippen LogP contribution in [0.15, 0.2) is 66.2 Å². The number of phenolic OH excluding ortho intramolecular Hbond substituents is 1. The van der Waals surface area contributed by atoms with Crippen molar-refractivity contribution in [2.45, 2.75) is 37.9 Å². The molecule has 14 heteroatoms. The first-order chi connectivity index (χ1) is 23.6. The second kappa shape index (κ2) is 13.4. The SMILES string of the molecule is O=C1CCC(c2ccc(CN3CCN(c4ccc5c(c4)C(=O)N(C(C(=O)Nc4nccs4)c4cc(F)ccc4O)C5)CC3)cc2F)C(=O)N1. The van der Waals surface area contributed by atoms with Crippen LogP contribution in [0.2, 0.25) is 0 Å². The zero-order valence-electron chi connectivity index (χ0n) is 26.2. The number of halogens is 2. The van der Waals surface area contributed by atoms with Gasteiger partial charge in [0.05, 0.1) is 5.92 Å². The molecular weight excluding hydrogens is 654 g/mol. The maximum absolute atomic E-state index is 15.0. The number of nitrogens with one attached hydrogen (secondary N) is 2. The first kappa shape index (κ1) is 32.3. The quantitative estimate of drug-likeness (QED) is 0.234. The molecule has 11 nitrogen and oxygen atoms in total. The van der Waals surface area contributed by atoms with Gasteiger partial charge in [-0.2, -0.15) is 0 Å². The number of fused-ring (bicyclic) bond motifs is 1. The highest BCUT2D eigenvalue weighted by Gasteiger charge is 2.39. The second-order valence-electron chi connectivity index (χ2n) is 12.3. The molecule has 4 amide bonds. The van der Waals surface area contributed by atoms with Gasteiger partial charge >= 0.3 is 0 Å². The summed E-state index contributed by atoms with van der Waals surface area (Å²) in [5.41, 5.74) is 3.01. The molecule has 7 rings (SSSR count). The Kier molecular flexibility index (Phi) is 8.82. The van der Waals surface area contributed by atoms with Gasteiger partial charge in [0.15, 0.2) is 5.13 Å². The third kappa shape index (κ3) is 6.61. The lowest BCUT2D eigenvalue weighted by Gasteiger charge is -2.36. The fraction of sp³-hybridized carbons (Fsp3) is 0.286. The molecule has 4 aromatic rings. The summed E-state index contributed by atoms with van der Waals surface area (Å²) in [6.07, 6.45) is 1.99. The number of carbonyl (C=O) groups excluding carboxylic acids is 4. The highest BCUT2D eigenvalue weighted by atomic mass is 32.1. The molecule has 3 N–H and O–H groups in total. The Balaban J connectivity index is 1.02. The van der Waals surface area contributed by atoms with E-state index in [4.69, 9.17) is 0 Å². The van der Waals surface area contributed by atoms with Gasteiger partial charge < -0.3 is 14.9 Å². The maximum atomic E-state index is 15.0. The number of thiazole rings is 1. The molecule has 0 aliphatic carbocycles. The summed E-state index contributed by atoms with van der Waals surface area (Å²) >= 11 is 1.20. The van der Waals surface area contributed by atoms with E-state index in [-0.39, 0.29) is 36.6 Å². The first-order valence-corrected chi connectivity index (χ1v) is 16.7. The van der Waals surface area contributed by atoms with Crippen LogP contribution in [-0.4, -0.2) is 69.7 Å². The number of hydrogen-bond acceptors (Lipinski definition) is 9. The number of phenols is 1. The minimum atomic E-state index is -1.31. The number of nitrogens with zero attached hydrogens (tertiary/aromatic N) is 4. The van der Waals surface area contributed by atoms with Gasteiger partial charge in [0.2, 0.25) is 11.8 Å². The smallest absolute Gasteiger partial charge is 0.255 e. The Bertz CT molecular complexity index is 1950. The third-order valence-electron chi connectivity index (χ3n) is 9.26. The summed E-state index contributed by atoms with van der Waals surface area (Å²) in [5, 5.41) is 17.6. The van der Waals surface area contributed by atoms with Crippen molar-refractivity contribution < 1.29 is 33.1 Å². The van der Waals surface area contributed by atoms with Crippen LogP contribution in [0.1, 0.15) is 57.4 Å². The molecule has 3 aliphatic rings. The summed E-state index contributed by atoms with van der Waals surface area (Å²) in [6, 6.07) is 12.5. The fourth-order valence-electron chi connectivity index (χ4n) is 6.73. The van der Waals surface area contributed by atoms with Gasteiger partial charge in [-0.25, -0.2) is 13.8 Å². The highest BCUT2D eigenvalue weighted by molar-refractivity contribution is 7.13. The average molecular weight is 687 g/mol. The van der Waals surface area contributed by atoms with E-state index in [0.29, 0.717) is 54.5 Å². The molecule has 49 heavy (non-hydrogen) atoms. The number of carbonyl (C=O) groups is 4. The minimum Gasteiger partial charge on any atom is -0.508 e. The van der Waals surface area contributed by atoms with Crippen LogP contribution < -0.4 is 15.5 Å². The van der Waals surface area contributed by atoms with Crippen molar-refractivity contribution in [3.05, 3.63) is 106 Å². The van der Waals surface area contributed by atoms with Crippen LogP contribution in [0.5, 0.6) is 5.75 Å². The number of imide groups is 1. The Morgan fingerprint density at radius 2 is 1.86 bits per heavy atom. The predicted octanol–water partition coefficient (Wildman–Crippen LogP) is 4.31. The number of amides is 4. The number of benzene rings is 3. The first-order valence-electron chi connectivity index (χ1n) is 15.9. The Hall–Kier alpha value is -5.21. The molecule has 2 fully saturated rings. The zero-order valence-corrected chi connectivity index (χ0v) is 27.0. The Morgan fingerprint density at radius 1 is 1.04 bits per heavy atom. The number of hydrogen-bond donors (Lipinski definition) is 3. The molecule has 2 saturated heterocycles. The topological polar surface area (TPSA) is 135 Å². The molecular formula is C35H32F2N6O5S. The monoisotopic (exact) mass is 686 g/mol. The van der Waals surface area contributed by atoms with Crippen LogP contribution in [0, 0.1) is 11.6 Å². The highest BCUT2D eigenvalue weighted by Crippen LogP contribution is 2.38. The Morgan fingerprint density at radius 3 is 2.59 bits per heavy atom. The van der Waals surface area contributed by atoms with E-state index in [0.717, 1.165) is 29.4 Å². The van der Waals surface area contributed by atoms with Crippen molar-refractivity contribution >= 4 is 45.8 Å². The normalized spacial score (nSPS) is 18.7. The molecule has 3 aromatic carbocycles. The van der Waals surface area contributed by atoms with E-state index in [1.807, 2.05) is 18.2 Å². The van der Waals surface area contributed by atoms with Crippen LogP contribution in [0.3, 0.4) is 0 Å². The van der Waals surface area contributed by atoms with E-state index in [9.17, 15) is 28.7 Å². The fourth-order valence-corrected chi connectivity index (χ4v) is 7.27. The van der Waals surface area contributed by atoms with E-state index in [1.165, 1.54) is 28.5 Å². The van der Waals surface area contributed by atoms with E-state index in [2.05, 4.69) is 25.4 Å². The molecule has 0 bridgehead atoms. The van der Waals surface area contributed by atoms with Crippen molar-refractivity contribution in [3.8, 4) is 5.75 Å². The lowest BCUT2D eigenvalue weighted by Crippen LogP contribution is -2.46. The van der Waals surface area contributed by atoms with Crippen molar-refractivity contribution in [3.63, 3.8) is 0 Å². The molecule has 2 atom stereocenters. The van der Waals surface area contributed by atoms with Crippen molar-refractivity contribution in [2.24, 2.45) is 0 Å². The molecule has 3 aliphatic heterocycles. The summed E-state index contributed by atoms with van der Waals surface area (Å²) < 4.78 is 29.4. The number of anilines is 2. The molecule has 252 valence electrons. The molecule has 2 unspecified atom stereocenters. The van der Waals surface area contributed by atoms with Crippen LogP contribution in [0.25, 0.3) is 0 Å². The van der Waals surface area contributed by atoms with Gasteiger partial charge in [-0.3, -0.25) is 34.7 Å². The molecule has 0 saturated carbocycles. The molecule has 4 heterocycles. The van der Waals surface area contributed by atoms with E-state index >= 15 is 4.39 Å².